The first-order valence-electron chi connectivity index (χ1n) is 6.61. The Morgan fingerprint density at radius 3 is 2.10 bits per heavy atom. The van der Waals surface area contributed by atoms with Crippen molar-refractivity contribution in [1.82, 2.24) is 5.32 Å². The first-order chi connectivity index (χ1) is 9.94. The molecular formula is C12H21NO8. The Bertz CT molecular complexity index is 363. The van der Waals surface area contributed by atoms with E-state index in [1.54, 1.807) is 0 Å². The Morgan fingerprint density at radius 2 is 1.62 bits per heavy atom. The summed E-state index contributed by atoms with van der Waals surface area (Å²) in [6, 6.07) is -0.990. The number of aliphatic hydroxyl groups excluding tert-OH is 4. The van der Waals surface area contributed by atoms with Crippen LogP contribution in [0.2, 0.25) is 0 Å². The molecule has 6 N–H and O–H groups in total. The van der Waals surface area contributed by atoms with E-state index in [1.165, 1.54) is 0 Å². The van der Waals surface area contributed by atoms with Crippen LogP contribution in [-0.4, -0.2) is 81.6 Å². The van der Waals surface area contributed by atoms with E-state index in [0.29, 0.717) is 0 Å². The minimum absolute atomic E-state index is 0.274. The lowest BCUT2D eigenvalue weighted by atomic mass is 9.85. The number of carboxylic acids is 1. The second-order valence-electron chi connectivity index (χ2n) is 4.90. The first kappa shape index (κ1) is 17.8. The molecule has 0 bridgehead atoms. The topological polar surface area (TPSA) is 157 Å². The van der Waals surface area contributed by atoms with Crippen molar-refractivity contribution in [2.24, 2.45) is 5.92 Å². The zero-order valence-electron chi connectivity index (χ0n) is 11.4. The molecular weight excluding hydrogens is 286 g/mol. The number of ether oxygens (including phenoxy) is 1. The van der Waals surface area contributed by atoms with Gasteiger partial charge in [0.1, 0.15) is 6.10 Å². The zero-order chi connectivity index (χ0) is 16.0. The highest BCUT2D eigenvalue weighted by molar-refractivity contribution is 5.80. The molecule has 0 saturated carbocycles. The minimum Gasteiger partial charge on any atom is -0.481 e. The average molecular weight is 307 g/mol. The molecule has 5 atom stereocenters. The van der Waals surface area contributed by atoms with E-state index in [0.717, 1.165) is 0 Å². The summed E-state index contributed by atoms with van der Waals surface area (Å²) in [5, 5.41) is 48.7. The maximum absolute atomic E-state index is 11.6. The predicted molar refractivity (Wildman–Crippen MR) is 68.2 cm³/mol. The summed E-state index contributed by atoms with van der Waals surface area (Å²) in [6.07, 6.45) is -3.67. The molecule has 0 aromatic carbocycles. The van der Waals surface area contributed by atoms with Crippen LogP contribution in [0.25, 0.3) is 0 Å². The van der Waals surface area contributed by atoms with Gasteiger partial charge in [-0.2, -0.15) is 0 Å². The lowest BCUT2D eigenvalue weighted by Gasteiger charge is -2.43. The van der Waals surface area contributed by atoms with E-state index in [-0.39, 0.29) is 12.8 Å². The van der Waals surface area contributed by atoms with Crippen molar-refractivity contribution in [3.63, 3.8) is 0 Å². The molecule has 0 aromatic rings. The Kier molecular flexibility index (Phi) is 6.99. The van der Waals surface area contributed by atoms with Crippen LogP contribution in [0.4, 0.5) is 0 Å². The van der Waals surface area contributed by atoms with Crippen LogP contribution in [0.3, 0.4) is 0 Å². The number of rotatable bonds is 7. The van der Waals surface area contributed by atoms with Gasteiger partial charge in [0.05, 0.1) is 44.5 Å². The van der Waals surface area contributed by atoms with Crippen LogP contribution < -0.4 is 5.32 Å². The molecule has 122 valence electrons. The third-order valence-electron chi connectivity index (χ3n) is 3.50. The third-order valence-corrected chi connectivity index (χ3v) is 3.50. The van der Waals surface area contributed by atoms with Crippen molar-refractivity contribution < 1.29 is 39.9 Å². The van der Waals surface area contributed by atoms with Crippen molar-refractivity contribution in [3.8, 4) is 0 Å². The highest BCUT2D eigenvalue weighted by Crippen LogP contribution is 2.26. The smallest absolute Gasteiger partial charge is 0.303 e. The number of carboxylic acid groups (broad SMARTS) is 1. The summed E-state index contributed by atoms with van der Waals surface area (Å²) in [5.74, 6) is -2.55. The van der Waals surface area contributed by atoms with Gasteiger partial charge in [-0.1, -0.05) is 0 Å². The van der Waals surface area contributed by atoms with E-state index in [1.807, 2.05) is 0 Å². The van der Waals surface area contributed by atoms with E-state index in [4.69, 9.17) is 14.9 Å². The van der Waals surface area contributed by atoms with Gasteiger partial charge in [-0.3, -0.25) is 9.59 Å². The maximum Gasteiger partial charge on any atom is 0.303 e. The number of carbonyl (C=O) groups excluding carboxylic acids is 1. The summed E-state index contributed by atoms with van der Waals surface area (Å²) in [5.41, 5.74) is 0. The molecule has 1 aliphatic rings. The number of aliphatic carboxylic acids is 1. The molecule has 0 aliphatic carbocycles. The second kappa shape index (κ2) is 8.25. The molecule has 1 aliphatic heterocycles. The number of amides is 1. The van der Waals surface area contributed by atoms with Gasteiger partial charge in [0.2, 0.25) is 5.91 Å². The van der Waals surface area contributed by atoms with E-state index in [9.17, 15) is 24.9 Å². The van der Waals surface area contributed by atoms with Crippen LogP contribution in [-0.2, 0) is 14.3 Å². The minimum atomic E-state index is -1.23. The van der Waals surface area contributed by atoms with Gasteiger partial charge in [-0.05, 0) is 0 Å². The van der Waals surface area contributed by atoms with Crippen LogP contribution in [0.1, 0.15) is 12.8 Å². The Labute approximate surface area is 121 Å². The predicted octanol–water partition coefficient (Wildman–Crippen LogP) is -2.94. The van der Waals surface area contributed by atoms with Crippen molar-refractivity contribution in [1.29, 1.82) is 0 Å². The Morgan fingerprint density at radius 1 is 1.00 bits per heavy atom. The largest absolute Gasteiger partial charge is 0.481 e. The fourth-order valence-electron chi connectivity index (χ4n) is 2.33. The third kappa shape index (κ3) is 4.61. The van der Waals surface area contributed by atoms with Crippen LogP contribution in [0.5, 0.6) is 0 Å². The fraction of sp³-hybridized carbons (Fsp3) is 0.833. The summed E-state index contributed by atoms with van der Waals surface area (Å²) in [6.45, 7) is -1.42. The van der Waals surface area contributed by atoms with Crippen LogP contribution in [0, 0.1) is 5.92 Å². The highest BCUT2D eigenvalue weighted by Gasteiger charge is 2.44. The molecule has 21 heavy (non-hydrogen) atoms. The molecule has 1 fully saturated rings. The van der Waals surface area contributed by atoms with Crippen molar-refractivity contribution in [2.45, 2.75) is 37.2 Å². The summed E-state index contributed by atoms with van der Waals surface area (Å²) < 4.78 is 5.35. The van der Waals surface area contributed by atoms with Gasteiger partial charge in [0, 0.05) is 12.3 Å². The number of nitrogens with one attached hydrogen (secondary N) is 1. The molecule has 1 saturated heterocycles. The molecule has 1 amide bonds. The summed E-state index contributed by atoms with van der Waals surface area (Å²) in [7, 11) is 0. The van der Waals surface area contributed by atoms with E-state index >= 15 is 0 Å². The summed E-state index contributed by atoms with van der Waals surface area (Å²) >= 11 is 0. The van der Waals surface area contributed by atoms with Gasteiger partial charge in [0.25, 0.3) is 0 Å². The SMILES string of the molecule is O=C(O)CCC(=O)N[C@H]1[C@H](CO)O[C@H](CO)C(CO)[C@@H]1O. The molecule has 0 spiro atoms. The first-order valence-corrected chi connectivity index (χ1v) is 6.61. The molecule has 9 nitrogen and oxygen atoms in total. The Balaban J connectivity index is 2.72. The van der Waals surface area contributed by atoms with Crippen LogP contribution >= 0.6 is 0 Å². The lowest BCUT2D eigenvalue weighted by Crippen LogP contribution is -2.63. The average Bonchev–Trinajstić information content (AvgIpc) is 2.46. The fourth-order valence-corrected chi connectivity index (χ4v) is 2.33. The number of hydrogen-bond donors (Lipinski definition) is 6. The van der Waals surface area contributed by atoms with Crippen molar-refractivity contribution >= 4 is 11.9 Å². The zero-order valence-corrected chi connectivity index (χ0v) is 11.4. The Hall–Kier alpha value is -1.26. The molecule has 9 heteroatoms. The number of carbonyl (C=O) groups is 2. The molecule has 1 unspecified atom stereocenters. The van der Waals surface area contributed by atoms with Gasteiger partial charge in [-0.15, -0.1) is 0 Å². The maximum atomic E-state index is 11.6. The van der Waals surface area contributed by atoms with E-state index in [2.05, 4.69) is 5.32 Å². The second-order valence-corrected chi connectivity index (χ2v) is 4.90. The van der Waals surface area contributed by atoms with Crippen molar-refractivity contribution in [2.75, 3.05) is 19.8 Å². The number of hydrogen-bond acceptors (Lipinski definition) is 7. The van der Waals surface area contributed by atoms with Crippen molar-refractivity contribution in [3.05, 3.63) is 0 Å². The van der Waals surface area contributed by atoms with Gasteiger partial charge in [0.15, 0.2) is 0 Å². The standard InChI is InChI=1S/C12H21NO8/c14-3-6-7(4-15)21-8(5-16)11(12(6)20)13-9(17)1-2-10(18)19/h6-8,11-12,14-16,20H,1-5H2,(H,13,17)(H,18,19)/t6?,7-,8+,11+,12+/m1/s1. The molecule has 0 aromatic heterocycles. The lowest BCUT2D eigenvalue weighted by molar-refractivity contribution is -0.186. The molecule has 1 rings (SSSR count). The van der Waals surface area contributed by atoms with E-state index < -0.39 is 62.0 Å². The molecule has 1 heterocycles. The number of aliphatic hydroxyl groups is 4. The normalized spacial score (nSPS) is 32.7. The summed E-state index contributed by atoms with van der Waals surface area (Å²) in [4.78, 5) is 22.0. The van der Waals surface area contributed by atoms with Gasteiger partial charge in [-0.25, -0.2) is 0 Å². The quantitative estimate of drug-likeness (QED) is 0.291. The van der Waals surface area contributed by atoms with Gasteiger partial charge >= 0.3 is 5.97 Å². The highest BCUT2D eigenvalue weighted by atomic mass is 16.5. The van der Waals surface area contributed by atoms with Gasteiger partial charge < -0.3 is 35.6 Å². The van der Waals surface area contributed by atoms with Crippen LogP contribution in [0.15, 0.2) is 0 Å². The molecule has 0 radical (unpaired) electrons. The monoisotopic (exact) mass is 307 g/mol.